The van der Waals surface area contributed by atoms with Crippen molar-refractivity contribution in [1.29, 1.82) is 0 Å². The van der Waals surface area contributed by atoms with Crippen LogP contribution in [0.15, 0.2) is 53.4 Å². The van der Waals surface area contributed by atoms with Crippen LogP contribution in [0.5, 0.6) is 11.5 Å². The first-order chi connectivity index (χ1) is 13.4. The van der Waals surface area contributed by atoms with Crippen LogP contribution < -0.4 is 14.8 Å². The maximum Gasteiger partial charge on any atom is 0.243 e. The Balaban J connectivity index is 1.70. The number of ether oxygens (including phenoxy) is 2. The molecule has 2 aromatic carbocycles. The Morgan fingerprint density at radius 2 is 1.79 bits per heavy atom. The van der Waals surface area contributed by atoms with E-state index in [9.17, 15) is 13.2 Å². The van der Waals surface area contributed by atoms with Crippen molar-refractivity contribution in [2.24, 2.45) is 5.92 Å². The van der Waals surface area contributed by atoms with Gasteiger partial charge in [0.2, 0.25) is 15.9 Å². The standard InChI is InChI=1S/C20H24N2O5S/c1-26-17-8-10-19(11-9-17)28(24,25)22-12-4-5-15(14-22)20(23)21-16-6-3-7-18(13-16)27-2/h3,6-11,13,15H,4-5,12,14H2,1-2H3,(H,21,23)/t15-/m0/s1. The zero-order chi connectivity index (χ0) is 20.1. The van der Waals surface area contributed by atoms with E-state index in [1.807, 2.05) is 0 Å². The maximum absolute atomic E-state index is 12.9. The molecular formula is C20H24N2O5S. The molecule has 1 atom stereocenters. The van der Waals surface area contributed by atoms with Gasteiger partial charge >= 0.3 is 0 Å². The molecule has 0 aliphatic carbocycles. The first-order valence-corrected chi connectivity index (χ1v) is 10.5. The molecule has 7 nitrogen and oxygen atoms in total. The van der Waals surface area contributed by atoms with Crippen LogP contribution in [-0.2, 0) is 14.8 Å². The van der Waals surface area contributed by atoms with Gasteiger partial charge in [0.1, 0.15) is 11.5 Å². The molecule has 28 heavy (non-hydrogen) atoms. The molecule has 1 aliphatic rings. The maximum atomic E-state index is 12.9. The van der Waals surface area contributed by atoms with Gasteiger partial charge in [0.15, 0.2) is 0 Å². The van der Waals surface area contributed by atoms with Crippen molar-refractivity contribution in [3.05, 3.63) is 48.5 Å². The fourth-order valence-corrected chi connectivity index (χ4v) is 4.74. The Hall–Kier alpha value is -2.58. The predicted octanol–water partition coefficient (Wildman–Crippen LogP) is 2.74. The largest absolute Gasteiger partial charge is 0.497 e. The monoisotopic (exact) mass is 404 g/mol. The third kappa shape index (κ3) is 4.45. The number of hydrogen-bond acceptors (Lipinski definition) is 5. The molecule has 0 unspecified atom stereocenters. The molecule has 1 aliphatic heterocycles. The second kappa shape index (κ2) is 8.62. The highest BCUT2D eigenvalue weighted by atomic mass is 32.2. The molecule has 0 saturated carbocycles. The number of carbonyl (C=O) groups excluding carboxylic acids is 1. The van der Waals surface area contributed by atoms with E-state index in [4.69, 9.17) is 9.47 Å². The molecule has 3 rings (SSSR count). The van der Waals surface area contributed by atoms with Gasteiger partial charge in [-0.25, -0.2) is 8.42 Å². The van der Waals surface area contributed by atoms with Gasteiger partial charge in [-0.1, -0.05) is 6.07 Å². The number of anilines is 1. The number of carbonyl (C=O) groups is 1. The number of rotatable bonds is 6. The summed E-state index contributed by atoms with van der Waals surface area (Å²) in [5.74, 6) is 0.633. The van der Waals surface area contributed by atoms with Gasteiger partial charge in [-0.05, 0) is 49.2 Å². The zero-order valence-electron chi connectivity index (χ0n) is 15.9. The highest BCUT2D eigenvalue weighted by molar-refractivity contribution is 7.89. The van der Waals surface area contributed by atoms with Crippen LogP contribution in [0.25, 0.3) is 0 Å². The van der Waals surface area contributed by atoms with Crippen molar-refractivity contribution >= 4 is 21.6 Å². The van der Waals surface area contributed by atoms with Crippen molar-refractivity contribution in [2.75, 3.05) is 32.6 Å². The third-order valence-corrected chi connectivity index (χ3v) is 6.67. The number of benzene rings is 2. The molecule has 0 spiro atoms. The van der Waals surface area contributed by atoms with Gasteiger partial charge in [0.05, 0.1) is 25.0 Å². The van der Waals surface area contributed by atoms with Crippen LogP contribution in [0.3, 0.4) is 0 Å². The van der Waals surface area contributed by atoms with Crippen LogP contribution >= 0.6 is 0 Å². The SMILES string of the molecule is COc1ccc(S(=O)(=O)N2CCC[C@H](C(=O)Nc3cccc(OC)c3)C2)cc1. The van der Waals surface area contributed by atoms with Crippen molar-refractivity contribution in [2.45, 2.75) is 17.7 Å². The first kappa shape index (κ1) is 20.2. The van der Waals surface area contributed by atoms with Gasteiger partial charge in [-0.3, -0.25) is 4.79 Å². The third-order valence-electron chi connectivity index (χ3n) is 4.79. The van der Waals surface area contributed by atoms with Gasteiger partial charge in [0, 0.05) is 24.8 Å². The average molecular weight is 404 g/mol. The van der Waals surface area contributed by atoms with Crippen molar-refractivity contribution in [1.82, 2.24) is 4.31 Å². The summed E-state index contributed by atoms with van der Waals surface area (Å²) in [6, 6.07) is 13.4. The van der Waals surface area contributed by atoms with Gasteiger partial charge in [0.25, 0.3) is 0 Å². The summed E-state index contributed by atoms with van der Waals surface area (Å²) in [5, 5.41) is 2.86. The quantitative estimate of drug-likeness (QED) is 0.800. The topological polar surface area (TPSA) is 84.9 Å². The molecule has 1 N–H and O–H groups in total. The summed E-state index contributed by atoms with van der Waals surface area (Å²) < 4.78 is 37.5. The fourth-order valence-electron chi connectivity index (χ4n) is 3.22. The normalized spacial score (nSPS) is 17.7. The van der Waals surface area contributed by atoms with E-state index in [-0.39, 0.29) is 17.3 Å². The van der Waals surface area contributed by atoms with E-state index in [0.29, 0.717) is 36.6 Å². The molecule has 1 saturated heterocycles. The molecule has 0 bridgehead atoms. The molecule has 1 heterocycles. The molecular weight excluding hydrogens is 380 g/mol. The first-order valence-electron chi connectivity index (χ1n) is 9.03. The Morgan fingerprint density at radius 3 is 2.46 bits per heavy atom. The molecule has 0 radical (unpaired) electrons. The molecule has 1 amide bonds. The second-order valence-corrected chi connectivity index (χ2v) is 8.54. The Kier molecular flexibility index (Phi) is 6.21. The Bertz CT molecular complexity index is 928. The van der Waals surface area contributed by atoms with E-state index in [1.54, 1.807) is 43.5 Å². The lowest BCUT2D eigenvalue weighted by Gasteiger charge is -2.31. The second-order valence-electron chi connectivity index (χ2n) is 6.60. The van der Waals surface area contributed by atoms with Crippen molar-refractivity contribution in [3.63, 3.8) is 0 Å². The lowest BCUT2D eigenvalue weighted by molar-refractivity contribution is -0.120. The van der Waals surface area contributed by atoms with E-state index >= 15 is 0 Å². The molecule has 150 valence electrons. The lowest BCUT2D eigenvalue weighted by Crippen LogP contribution is -2.43. The number of piperidine rings is 1. The van der Waals surface area contributed by atoms with E-state index < -0.39 is 15.9 Å². The zero-order valence-corrected chi connectivity index (χ0v) is 16.7. The summed E-state index contributed by atoms with van der Waals surface area (Å²) in [4.78, 5) is 12.9. The van der Waals surface area contributed by atoms with Crippen molar-refractivity contribution < 1.29 is 22.7 Å². The number of methoxy groups -OCH3 is 2. The summed E-state index contributed by atoms with van der Waals surface area (Å²) in [6.07, 6.45) is 1.27. The molecule has 1 fully saturated rings. The van der Waals surface area contributed by atoms with Crippen LogP contribution in [0.4, 0.5) is 5.69 Å². The number of amides is 1. The van der Waals surface area contributed by atoms with Gasteiger partial charge in [-0.2, -0.15) is 4.31 Å². The summed E-state index contributed by atoms with van der Waals surface area (Å²) >= 11 is 0. The molecule has 8 heteroatoms. The smallest absolute Gasteiger partial charge is 0.243 e. The number of nitrogens with one attached hydrogen (secondary N) is 1. The average Bonchev–Trinajstić information content (AvgIpc) is 2.74. The highest BCUT2D eigenvalue weighted by Crippen LogP contribution is 2.26. The summed E-state index contributed by atoms with van der Waals surface area (Å²) in [5.41, 5.74) is 0.625. The van der Waals surface area contributed by atoms with Crippen LogP contribution in [0, 0.1) is 5.92 Å². The lowest BCUT2D eigenvalue weighted by atomic mass is 9.98. The van der Waals surface area contributed by atoms with E-state index in [1.165, 1.54) is 23.5 Å². The minimum absolute atomic E-state index is 0.157. The van der Waals surface area contributed by atoms with Gasteiger partial charge < -0.3 is 14.8 Å². The van der Waals surface area contributed by atoms with Crippen LogP contribution in [-0.4, -0.2) is 45.9 Å². The minimum Gasteiger partial charge on any atom is -0.497 e. The van der Waals surface area contributed by atoms with E-state index in [0.717, 1.165) is 0 Å². The number of hydrogen-bond donors (Lipinski definition) is 1. The fraction of sp³-hybridized carbons (Fsp3) is 0.350. The molecule has 2 aromatic rings. The minimum atomic E-state index is -3.66. The summed E-state index contributed by atoms with van der Waals surface area (Å²) in [6.45, 7) is 0.557. The number of nitrogens with zero attached hydrogens (tertiary/aromatic N) is 1. The molecule has 0 aromatic heterocycles. The van der Waals surface area contributed by atoms with Crippen LogP contribution in [0.2, 0.25) is 0 Å². The van der Waals surface area contributed by atoms with Crippen molar-refractivity contribution in [3.8, 4) is 11.5 Å². The van der Waals surface area contributed by atoms with E-state index in [2.05, 4.69) is 5.32 Å². The summed E-state index contributed by atoms with van der Waals surface area (Å²) in [7, 11) is -0.572. The van der Waals surface area contributed by atoms with Gasteiger partial charge in [-0.15, -0.1) is 0 Å². The van der Waals surface area contributed by atoms with Crippen LogP contribution in [0.1, 0.15) is 12.8 Å². The highest BCUT2D eigenvalue weighted by Gasteiger charge is 2.33. The Labute approximate surface area is 165 Å². The Morgan fingerprint density at radius 1 is 1.07 bits per heavy atom. The predicted molar refractivity (Wildman–Crippen MR) is 106 cm³/mol. The number of sulfonamides is 1.